The van der Waals surface area contributed by atoms with Crippen molar-refractivity contribution in [1.82, 2.24) is 10.2 Å². The Balaban J connectivity index is 1.68. The summed E-state index contributed by atoms with van der Waals surface area (Å²) in [5.41, 5.74) is 3.85. The minimum Gasteiger partial charge on any atom is -0.322 e. The summed E-state index contributed by atoms with van der Waals surface area (Å²) in [6, 6.07) is 16.1. The van der Waals surface area contributed by atoms with Crippen LogP contribution in [0.2, 0.25) is 0 Å². The van der Waals surface area contributed by atoms with Crippen molar-refractivity contribution >= 4 is 11.6 Å². The molecule has 1 aromatic heterocycles. The number of H-pyrrole nitrogens is 1. The highest BCUT2D eigenvalue weighted by atomic mass is 19.1. The molecule has 27 heavy (non-hydrogen) atoms. The number of hydrogen-bond acceptors (Lipinski definition) is 2. The third kappa shape index (κ3) is 3.63. The van der Waals surface area contributed by atoms with Crippen molar-refractivity contribution in [3.8, 4) is 11.3 Å². The maximum absolute atomic E-state index is 13.7. The minimum absolute atomic E-state index is 0.0651. The first-order valence-electron chi connectivity index (χ1n) is 9.37. The van der Waals surface area contributed by atoms with Gasteiger partial charge in [-0.3, -0.25) is 9.89 Å². The van der Waals surface area contributed by atoms with E-state index in [9.17, 15) is 9.18 Å². The SMILES string of the molecule is CC[C@@H](C(=O)Nc1c(-c2cccc(F)c2)n[nH]c1C1CC1)c1ccccc1. The van der Waals surface area contributed by atoms with Crippen molar-refractivity contribution in [2.24, 2.45) is 0 Å². The van der Waals surface area contributed by atoms with Crippen molar-refractivity contribution in [3.63, 3.8) is 0 Å². The lowest BCUT2D eigenvalue weighted by molar-refractivity contribution is -0.117. The van der Waals surface area contributed by atoms with E-state index in [1.165, 1.54) is 12.1 Å². The Morgan fingerprint density at radius 2 is 2.00 bits per heavy atom. The zero-order valence-corrected chi connectivity index (χ0v) is 15.2. The predicted molar refractivity (Wildman–Crippen MR) is 104 cm³/mol. The summed E-state index contributed by atoms with van der Waals surface area (Å²) in [5.74, 6) is -0.249. The average molecular weight is 363 g/mol. The molecule has 0 radical (unpaired) electrons. The number of nitrogens with one attached hydrogen (secondary N) is 2. The first kappa shape index (κ1) is 17.5. The average Bonchev–Trinajstić information content (AvgIpc) is 3.44. The third-order valence-electron chi connectivity index (χ3n) is 5.05. The van der Waals surface area contributed by atoms with Crippen LogP contribution in [0.15, 0.2) is 54.6 Å². The van der Waals surface area contributed by atoms with E-state index in [-0.39, 0.29) is 17.6 Å². The van der Waals surface area contributed by atoms with Crippen LogP contribution in [0.4, 0.5) is 10.1 Å². The van der Waals surface area contributed by atoms with Gasteiger partial charge in [-0.15, -0.1) is 0 Å². The Bertz CT molecular complexity index is 947. The zero-order chi connectivity index (χ0) is 18.8. The van der Waals surface area contributed by atoms with E-state index in [2.05, 4.69) is 15.5 Å². The number of hydrogen-bond donors (Lipinski definition) is 2. The summed E-state index contributed by atoms with van der Waals surface area (Å²) in [5, 5.41) is 10.6. The molecule has 0 saturated heterocycles. The van der Waals surface area contributed by atoms with Crippen molar-refractivity contribution in [2.45, 2.75) is 38.0 Å². The second-order valence-electron chi connectivity index (χ2n) is 7.01. The maximum atomic E-state index is 13.7. The van der Waals surface area contributed by atoms with Crippen molar-refractivity contribution < 1.29 is 9.18 Å². The quantitative estimate of drug-likeness (QED) is 0.630. The second-order valence-corrected chi connectivity index (χ2v) is 7.01. The zero-order valence-electron chi connectivity index (χ0n) is 15.2. The van der Waals surface area contributed by atoms with Crippen LogP contribution in [0.3, 0.4) is 0 Å². The number of aromatic amines is 1. The van der Waals surface area contributed by atoms with E-state index >= 15 is 0 Å². The number of anilines is 1. The fraction of sp³-hybridized carbons (Fsp3) is 0.273. The van der Waals surface area contributed by atoms with Gasteiger partial charge < -0.3 is 5.32 Å². The van der Waals surface area contributed by atoms with Gasteiger partial charge in [0.1, 0.15) is 11.5 Å². The standard InChI is InChI=1S/C22H22FN3O/c1-2-18(14-7-4-3-5-8-14)22(27)24-21-19(15-11-12-15)25-26-20(21)16-9-6-10-17(23)13-16/h3-10,13,15,18H,2,11-12H2,1H3,(H,24,27)(H,25,26)/t18-/m1/s1. The van der Waals surface area contributed by atoms with Crippen molar-refractivity contribution in [1.29, 1.82) is 0 Å². The van der Waals surface area contributed by atoms with Crippen LogP contribution in [-0.4, -0.2) is 16.1 Å². The smallest absolute Gasteiger partial charge is 0.232 e. The Morgan fingerprint density at radius 3 is 2.67 bits per heavy atom. The molecule has 138 valence electrons. The predicted octanol–water partition coefficient (Wildman–Crippen LogP) is 5.23. The van der Waals surface area contributed by atoms with Crippen LogP contribution in [0.5, 0.6) is 0 Å². The van der Waals surface area contributed by atoms with E-state index in [0.717, 1.165) is 24.1 Å². The van der Waals surface area contributed by atoms with Gasteiger partial charge in [0.15, 0.2) is 0 Å². The summed E-state index contributed by atoms with van der Waals surface area (Å²) in [4.78, 5) is 13.1. The van der Waals surface area contributed by atoms with E-state index < -0.39 is 0 Å². The molecule has 5 heteroatoms. The molecule has 1 aliphatic carbocycles. The molecule has 1 atom stereocenters. The summed E-state index contributed by atoms with van der Waals surface area (Å²) < 4.78 is 13.7. The summed E-state index contributed by atoms with van der Waals surface area (Å²) >= 11 is 0. The first-order chi connectivity index (χ1) is 13.2. The van der Waals surface area contributed by atoms with E-state index in [1.807, 2.05) is 37.3 Å². The molecule has 0 spiro atoms. The van der Waals surface area contributed by atoms with Crippen molar-refractivity contribution in [3.05, 3.63) is 71.7 Å². The molecular formula is C22H22FN3O. The highest BCUT2D eigenvalue weighted by molar-refractivity contribution is 5.99. The van der Waals surface area contributed by atoms with Gasteiger partial charge in [-0.1, -0.05) is 49.4 Å². The van der Waals surface area contributed by atoms with E-state index in [1.54, 1.807) is 12.1 Å². The molecule has 0 unspecified atom stereocenters. The van der Waals surface area contributed by atoms with Crippen molar-refractivity contribution in [2.75, 3.05) is 5.32 Å². The minimum atomic E-state index is -0.323. The largest absolute Gasteiger partial charge is 0.322 e. The van der Waals surface area contributed by atoms with Crippen LogP contribution in [0.1, 0.15) is 49.3 Å². The summed E-state index contributed by atoms with van der Waals surface area (Å²) in [6.45, 7) is 2.00. The number of rotatable bonds is 6. The molecule has 1 amide bonds. The van der Waals surface area contributed by atoms with Gasteiger partial charge in [-0.25, -0.2) is 4.39 Å². The Morgan fingerprint density at radius 1 is 1.22 bits per heavy atom. The van der Waals surface area contributed by atoms with Crippen LogP contribution >= 0.6 is 0 Å². The molecule has 2 aromatic carbocycles. The van der Waals surface area contributed by atoms with Gasteiger partial charge in [0, 0.05) is 11.5 Å². The highest BCUT2D eigenvalue weighted by Gasteiger charge is 2.32. The summed E-state index contributed by atoms with van der Waals surface area (Å²) in [6.07, 6.45) is 2.84. The fourth-order valence-electron chi connectivity index (χ4n) is 3.46. The van der Waals surface area contributed by atoms with Gasteiger partial charge in [-0.05, 0) is 37.0 Å². The van der Waals surface area contributed by atoms with Crippen LogP contribution in [-0.2, 0) is 4.79 Å². The Labute approximate surface area is 157 Å². The molecule has 2 N–H and O–H groups in total. The monoisotopic (exact) mass is 363 g/mol. The van der Waals surface area contributed by atoms with Gasteiger partial charge in [0.05, 0.1) is 17.3 Å². The molecule has 4 nitrogen and oxygen atoms in total. The van der Waals surface area contributed by atoms with Crippen LogP contribution < -0.4 is 5.32 Å². The molecule has 0 bridgehead atoms. The van der Waals surface area contributed by atoms with Crippen LogP contribution in [0.25, 0.3) is 11.3 Å². The Kier molecular flexibility index (Phi) is 4.75. The lowest BCUT2D eigenvalue weighted by atomic mass is 9.95. The fourth-order valence-corrected chi connectivity index (χ4v) is 3.46. The first-order valence-corrected chi connectivity index (χ1v) is 9.37. The van der Waals surface area contributed by atoms with Crippen LogP contribution in [0, 0.1) is 5.82 Å². The number of amides is 1. The molecule has 3 aromatic rings. The molecule has 1 saturated carbocycles. The third-order valence-corrected chi connectivity index (χ3v) is 5.05. The second kappa shape index (κ2) is 7.35. The van der Waals surface area contributed by atoms with Gasteiger partial charge >= 0.3 is 0 Å². The topological polar surface area (TPSA) is 57.8 Å². The number of carbonyl (C=O) groups excluding carboxylic acids is 1. The highest BCUT2D eigenvalue weighted by Crippen LogP contribution is 2.45. The summed E-state index contributed by atoms with van der Waals surface area (Å²) in [7, 11) is 0. The number of nitrogens with zero attached hydrogens (tertiary/aromatic N) is 1. The lowest BCUT2D eigenvalue weighted by Crippen LogP contribution is -2.21. The van der Waals surface area contributed by atoms with E-state index in [4.69, 9.17) is 0 Å². The van der Waals surface area contributed by atoms with Gasteiger partial charge in [0.2, 0.25) is 5.91 Å². The number of halogens is 1. The Hall–Kier alpha value is -2.95. The number of carbonyl (C=O) groups is 1. The molecular weight excluding hydrogens is 341 g/mol. The molecule has 1 aliphatic rings. The molecule has 4 rings (SSSR count). The normalized spacial score (nSPS) is 14.7. The van der Waals surface area contributed by atoms with Gasteiger partial charge in [-0.2, -0.15) is 5.10 Å². The number of benzene rings is 2. The van der Waals surface area contributed by atoms with Gasteiger partial charge in [0.25, 0.3) is 0 Å². The maximum Gasteiger partial charge on any atom is 0.232 e. The lowest BCUT2D eigenvalue weighted by Gasteiger charge is -2.16. The number of aromatic nitrogens is 2. The van der Waals surface area contributed by atoms with E-state index in [0.29, 0.717) is 29.3 Å². The molecule has 1 fully saturated rings. The molecule has 1 heterocycles. The molecule has 0 aliphatic heterocycles.